The van der Waals surface area contributed by atoms with Gasteiger partial charge in [-0.15, -0.1) is 0 Å². The summed E-state index contributed by atoms with van der Waals surface area (Å²) in [5.41, 5.74) is 2.64. The van der Waals surface area contributed by atoms with Crippen LogP contribution in [0.5, 0.6) is 0 Å². The van der Waals surface area contributed by atoms with Crippen LogP contribution >= 0.6 is 0 Å². The van der Waals surface area contributed by atoms with Crippen LogP contribution < -0.4 is 5.32 Å². The highest BCUT2D eigenvalue weighted by Crippen LogP contribution is 2.19. The Hall–Kier alpha value is -1.32. The fourth-order valence-corrected chi connectivity index (χ4v) is 2.35. The molecule has 1 aromatic heterocycles. The molecule has 0 aliphatic rings. The summed E-state index contributed by atoms with van der Waals surface area (Å²) < 4.78 is 7.79. The van der Waals surface area contributed by atoms with Crippen LogP contribution in [0.2, 0.25) is 0 Å². The molecule has 0 bridgehead atoms. The van der Waals surface area contributed by atoms with Crippen LogP contribution in [0.25, 0.3) is 10.9 Å². The predicted octanol–water partition coefficient (Wildman–Crippen LogP) is 3.33. The maximum absolute atomic E-state index is 5.61. The molecule has 1 aromatic carbocycles. The molecule has 1 N–H and O–H groups in total. The molecule has 0 radical (unpaired) electrons. The highest BCUT2D eigenvalue weighted by molar-refractivity contribution is 5.83. The Morgan fingerprint density at radius 2 is 2.00 bits per heavy atom. The number of aryl methyl sites for hydroxylation is 1. The molecular weight excluding hydrogens is 248 g/mol. The highest BCUT2D eigenvalue weighted by Gasteiger charge is 2.04. The molecule has 0 fully saturated rings. The molecule has 110 valence electrons. The van der Waals surface area contributed by atoms with Crippen molar-refractivity contribution < 1.29 is 4.74 Å². The Bertz CT molecular complexity index is 531. The number of para-hydroxylation sites is 1. The van der Waals surface area contributed by atoms with Crippen molar-refractivity contribution in [2.24, 2.45) is 13.0 Å². The fourth-order valence-electron chi connectivity index (χ4n) is 2.35. The topological polar surface area (TPSA) is 26.2 Å². The van der Waals surface area contributed by atoms with Crippen LogP contribution in [0.4, 0.5) is 0 Å². The van der Waals surface area contributed by atoms with E-state index in [4.69, 9.17) is 4.74 Å². The lowest BCUT2D eigenvalue weighted by molar-refractivity contribution is 0.125. The first kappa shape index (κ1) is 15.1. The maximum atomic E-state index is 5.61. The van der Waals surface area contributed by atoms with Gasteiger partial charge in [-0.05, 0) is 24.0 Å². The lowest BCUT2D eigenvalue weighted by Crippen LogP contribution is -2.19. The van der Waals surface area contributed by atoms with Crippen LogP contribution in [0.3, 0.4) is 0 Å². The van der Waals surface area contributed by atoms with E-state index < -0.39 is 0 Å². The molecule has 0 aliphatic carbocycles. The smallest absolute Gasteiger partial charge is 0.0591 e. The standard InChI is InChI=1S/C17H26N2O/c1-14(2)8-10-20-11-9-18-12-15-13-19(3)17-7-5-4-6-16(15)17/h4-7,13-14,18H,8-12H2,1-3H3. The Morgan fingerprint density at radius 1 is 1.20 bits per heavy atom. The van der Waals surface area contributed by atoms with Crippen molar-refractivity contribution in [3.63, 3.8) is 0 Å². The van der Waals surface area contributed by atoms with E-state index in [2.05, 4.69) is 61.2 Å². The monoisotopic (exact) mass is 274 g/mol. The van der Waals surface area contributed by atoms with Crippen molar-refractivity contribution in [1.29, 1.82) is 0 Å². The Morgan fingerprint density at radius 3 is 2.80 bits per heavy atom. The van der Waals surface area contributed by atoms with Crippen molar-refractivity contribution >= 4 is 10.9 Å². The predicted molar refractivity (Wildman–Crippen MR) is 84.9 cm³/mol. The second-order valence-corrected chi connectivity index (χ2v) is 5.75. The van der Waals surface area contributed by atoms with Crippen LogP contribution in [0.15, 0.2) is 30.5 Å². The molecule has 2 rings (SSSR count). The average molecular weight is 274 g/mol. The third kappa shape index (κ3) is 4.09. The van der Waals surface area contributed by atoms with E-state index in [0.29, 0.717) is 0 Å². The second kappa shape index (κ2) is 7.46. The number of aromatic nitrogens is 1. The molecule has 0 atom stereocenters. The van der Waals surface area contributed by atoms with Crippen molar-refractivity contribution in [2.45, 2.75) is 26.8 Å². The number of nitrogens with zero attached hydrogens (tertiary/aromatic N) is 1. The van der Waals surface area contributed by atoms with E-state index in [1.54, 1.807) is 0 Å². The summed E-state index contributed by atoms with van der Waals surface area (Å²) in [6, 6.07) is 8.53. The zero-order valence-electron chi connectivity index (χ0n) is 12.9. The summed E-state index contributed by atoms with van der Waals surface area (Å²) in [5, 5.41) is 4.79. The fraction of sp³-hybridized carbons (Fsp3) is 0.529. The number of benzene rings is 1. The van der Waals surface area contributed by atoms with Gasteiger partial charge in [0.05, 0.1) is 6.61 Å². The minimum Gasteiger partial charge on any atom is -0.380 e. The van der Waals surface area contributed by atoms with Gasteiger partial charge < -0.3 is 14.6 Å². The zero-order chi connectivity index (χ0) is 14.4. The van der Waals surface area contributed by atoms with Crippen LogP contribution in [0.1, 0.15) is 25.8 Å². The maximum Gasteiger partial charge on any atom is 0.0591 e. The number of hydrogen-bond acceptors (Lipinski definition) is 2. The molecule has 0 amide bonds. The van der Waals surface area contributed by atoms with Crippen LogP contribution in [-0.4, -0.2) is 24.3 Å². The first-order chi connectivity index (χ1) is 9.68. The van der Waals surface area contributed by atoms with Gasteiger partial charge in [0.2, 0.25) is 0 Å². The summed E-state index contributed by atoms with van der Waals surface area (Å²) in [6.45, 7) is 7.91. The number of hydrogen-bond donors (Lipinski definition) is 1. The lowest BCUT2D eigenvalue weighted by atomic mass is 10.1. The molecule has 0 unspecified atom stereocenters. The number of ether oxygens (including phenoxy) is 1. The number of nitrogens with one attached hydrogen (secondary N) is 1. The van der Waals surface area contributed by atoms with Gasteiger partial charge in [0, 0.05) is 43.8 Å². The van der Waals surface area contributed by atoms with E-state index in [9.17, 15) is 0 Å². The van der Waals surface area contributed by atoms with Crippen molar-refractivity contribution in [3.8, 4) is 0 Å². The van der Waals surface area contributed by atoms with E-state index in [1.165, 1.54) is 16.5 Å². The van der Waals surface area contributed by atoms with Gasteiger partial charge in [-0.1, -0.05) is 32.0 Å². The normalized spacial score (nSPS) is 11.6. The summed E-state index contributed by atoms with van der Waals surface area (Å²) in [6.07, 6.45) is 3.35. The molecular formula is C17H26N2O. The Balaban J connectivity index is 1.74. The van der Waals surface area contributed by atoms with E-state index in [1.807, 2.05) is 0 Å². The highest BCUT2D eigenvalue weighted by atomic mass is 16.5. The summed E-state index contributed by atoms with van der Waals surface area (Å²) in [4.78, 5) is 0. The Labute approximate surface area is 121 Å². The lowest BCUT2D eigenvalue weighted by Gasteiger charge is -2.07. The molecule has 1 heterocycles. The van der Waals surface area contributed by atoms with Crippen LogP contribution in [0, 0.1) is 5.92 Å². The molecule has 0 saturated heterocycles. The van der Waals surface area contributed by atoms with Gasteiger partial charge in [-0.2, -0.15) is 0 Å². The summed E-state index contributed by atoms with van der Waals surface area (Å²) in [7, 11) is 2.10. The van der Waals surface area contributed by atoms with Crippen molar-refractivity contribution in [3.05, 3.63) is 36.0 Å². The average Bonchev–Trinajstić information content (AvgIpc) is 2.75. The second-order valence-electron chi connectivity index (χ2n) is 5.75. The molecule has 0 aliphatic heterocycles. The van der Waals surface area contributed by atoms with Gasteiger partial charge >= 0.3 is 0 Å². The third-order valence-electron chi connectivity index (χ3n) is 3.56. The molecule has 2 aromatic rings. The largest absolute Gasteiger partial charge is 0.380 e. The quantitative estimate of drug-likeness (QED) is 0.747. The molecule has 3 heteroatoms. The first-order valence-electron chi connectivity index (χ1n) is 7.50. The van der Waals surface area contributed by atoms with E-state index >= 15 is 0 Å². The van der Waals surface area contributed by atoms with Gasteiger partial charge in [0.25, 0.3) is 0 Å². The molecule has 0 saturated carbocycles. The molecule has 0 spiro atoms. The van der Waals surface area contributed by atoms with Crippen molar-refractivity contribution in [1.82, 2.24) is 9.88 Å². The minimum atomic E-state index is 0.721. The van der Waals surface area contributed by atoms with Gasteiger partial charge in [0.1, 0.15) is 0 Å². The van der Waals surface area contributed by atoms with Gasteiger partial charge in [-0.3, -0.25) is 0 Å². The molecule has 3 nitrogen and oxygen atoms in total. The Kier molecular flexibility index (Phi) is 5.62. The van der Waals surface area contributed by atoms with Gasteiger partial charge in [-0.25, -0.2) is 0 Å². The third-order valence-corrected chi connectivity index (χ3v) is 3.56. The van der Waals surface area contributed by atoms with E-state index in [-0.39, 0.29) is 0 Å². The number of fused-ring (bicyclic) bond motifs is 1. The van der Waals surface area contributed by atoms with Gasteiger partial charge in [0.15, 0.2) is 0 Å². The minimum absolute atomic E-state index is 0.721. The number of rotatable bonds is 8. The zero-order valence-corrected chi connectivity index (χ0v) is 12.9. The van der Waals surface area contributed by atoms with Crippen LogP contribution in [-0.2, 0) is 18.3 Å². The summed E-state index contributed by atoms with van der Waals surface area (Å²) >= 11 is 0. The van der Waals surface area contributed by atoms with Crippen molar-refractivity contribution in [2.75, 3.05) is 19.8 Å². The SMILES string of the molecule is CC(C)CCOCCNCc1cn(C)c2ccccc12. The van der Waals surface area contributed by atoms with E-state index in [0.717, 1.165) is 38.6 Å². The summed E-state index contributed by atoms with van der Waals surface area (Å²) in [5.74, 6) is 0.721. The first-order valence-corrected chi connectivity index (χ1v) is 7.50. The molecule has 20 heavy (non-hydrogen) atoms.